The number of rotatable bonds is 10. The molecule has 0 saturated heterocycles. The van der Waals surface area contributed by atoms with Gasteiger partial charge in [-0.2, -0.15) is 4.98 Å². The fourth-order valence-corrected chi connectivity index (χ4v) is 4.03. The molecule has 1 aromatic carbocycles. The zero-order chi connectivity index (χ0) is 24.1. The number of alkyl halides is 1. The first-order valence-electron chi connectivity index (χ1n) is 11.1. The van der Waals surface area contributed by atoms with Gasteiger partial charge in [0.1, 0.15) is 11.5 Å². The van der Waals surface area contributed by atoms with Crippen LogP contribution in [0.4, 0.5) is 5.82 Å². The Morgan fingerprint density at radius 2 is 2.09 bits per heavy atom. The van der Waals surface area contributed by atoms with Crippen LogP contribution in [0.1, 0.15) is 34.6 Å². The summed E-state index contributed by atoms with van der Waals surface area (Å²) >= 11 is 6.10. The summed E-state index contributed by atoms with van der Waals surface area (Å²) in [5.41, 5.74) is 3.24. The number of hydrogen-bond donors (Lipinski definition) is 2. The molecule has 34 heavy (non-hydrogen) atoms. The average Bonchev–Trinajstić information content (AvgIpc) is 3.41. The number of ether oxygens (including phenoxy) is 1. The highest BCUT2D eigenvalue weighted by Crippen LogP contribution is 2.26. The van der Waals surface area contributed by atoms with Crippen LogP contribution >= 0.6 is 11.6 Å². The zero-order valence-electron chi connectivity index (χ0n) is 19.4. The van der Waals surface area contributed by atoms with Crippen LogP contribution in [0.5, 0.6) is 0 Å². The summed E-state index contributed by atoms with van der Waals surface area (Å²) in [5.74, 6) is 1.84. The van der Waals surface area contributed by atoms with E-state index in [9.17, 15) is 4.79 Å². The van der Waals surface area contributed by atoms with E-state index in [1.807, 2.05) is 35.9 Å². The quantitative estimate of drug-likeness (QED) is 0.198. The smallest absolute Gasteiger partial charge is 0.354 e. The molecule has 0 amide bonds. The molecule has 10 heteroatoms. The van der Waals surface area contributed by atoms with Gasteiger partial charge in [0.15, 0.2) is 0 Å². The third-order valence-electron chi connectivity index (χ3n) is 5.51. The number of fused-ring (bicyclic) bond motifs is 1. The van der Waals surface area contributed by atoms with Crippen LogP contribution in [0, 0.1) is 6.92 Å². The Morgan fingerprint density at radius 1 is 1.24 bits per heavy atom. The summed E-state index contributed by atoms with van der Waals surface area (Å²) in [6.45, 7) is 5.80. The zero-order valence-corrected chi connectivity index (χ0v) is 20.1. The Kier molecular flexibility index (Phi) is 7.44. The Morgan fingerprint density at radius 3 is 2.82 bits per heavy atom. The lowest BCUT2D eigenvalue weighted by molar-refractivity contribution is 0.0515. The Labute approximate surface area is 202 Å². The number of nitrogens with zero attached hydrogens (tertiary/aromatic N) is 4. The molecule has 0 saturated carbocycles. The topological polar surface area (TPSA) is 107 Å². The van der Waals surface area contributed by atoms with Crippen molar-refractivity contribution in [1.82, 2.24) is 25.0 Å². The van der Waals surface area contributed by atoms with Gasteiger partial charge in [0.2, 0.25) is 11.7 Å². The molecule has 9 nitrogen and oxygen atoms in total. The first-order chi connectivity index (χ1) is 16.5. The summed E-state index contributed by atoms with van der Waals surface area (Å²) in [5, 5.41) is 12.9. The summed E-state index contributed by atoms with van der Waals surface area (Å²) in [7, 11) is 1.85. The number of anilines is 1. The summed E-state index contributed by atoms with van der Waals surface area (Å²) in [6.07, 6.45) is 1.78. The maximum Gasteiger partial charge on any atom is 0.354 e. The van der Waals surface area contributed by atoms with Crippen LogP contribution in [-0.4, -0.2) is 45.4 Å². The molecule has 0 fully saturated rings. The van der Waals surface area contributed by atoms with Crippen molar-refractivity contribution in [2.75, 3.05) is 25.0 Å². The van der Waals surface area contributed by atoms with Gasteiger partial charge in [-0.1, -0.05) is 17.3 Å². The van der Waals surface area contributed by atoms with Gasteiger partial charge in [0.05, 0.1) is 6.61 Å². The standard InChI is InChI=1S/C24H27ClN6O3/c1-4-33-24(32)20-12-18(13-25)21(31(20)3)14-26-9-10-28-23-19-11-17(22-29-15(2)34-30-22)6-5-16(19)7-8-27-23/h5-8,11-12,26H,4,9-10,13-14H2,1-3H3,(H,27,28). The van der Waals surface area contributed by atoms with E-state index in [2.05, 4.69) is 25.8 Å². The van der Waals surface area contributed by atoms with Crippen LogP contribution < -0.4 is 10.6 Å². The van der Waals surface area contributed by atoms with Crippen molar-refractivity contribution in [3.8, 4) is 11.4 Å². The van der Waals surface area contributed by atoms with Crippen molar-refractivity contribution in [3.05, 3.63) is 59.4 Å². The summed E-state index contributed by atoms with van der Waals surface area (Å²) < 4.78 is 12.1. The molecule has 0 aliphatic heterocycles. The fraction of sp³-hybridized carbons (Fsp3) is 0.333. The molecule has 0 aliphatic rings. The van der Waals surface area contributed by atoms with E-state index in [4.69, 9.17) is 20.9 Å². The Hall–Kier alpha value is -3.43. The van der Waals surface area contributed by atoms with Gasteiger partial charge >= 0.3 is 5.97 Å². The van der Waals surface area contributed by atoms with Crippen molar-refractivity contribution < 1.29 is 14.1 Å². The Balaban J connectivity index is 1.40. The number of halogens is 1. The lowest BCUT2D eigenvalue weighted by Crippen LogP contribution is -2.24. The van der Waals surface area contributed by atoms with Gasteiger partial charge in [-0.15, -0.1) is 11.6 Å². The first-order valence-corrected chi connectivity index (χ1v) is 11.6. The molecule has 0 aliphatic carbocycles. The second kappa shape index (κ2) is 10.7. The largest absolute Gasteiger partial charge is 0.461 e. The van der Waals surface area contributed by atoms with Gasteiger partial charge in [-0.05, 0) is 36.1 Å². The molecule has 0 radical (unpaired) electrons. The van der Waals surface area contributed by atoms with Gasteiger partial charge < -0.3 is 24.5 Å². The third kappa shape index (κ3) is 5.05. The van der Waals surface area contributed by atoms with Crippen molar-refractivity contribution in [1.29, 1.82) is 0 Å². The lowest BCUT2D eigenvalue weighted by atomic mass is 10.1. The number of benzene rings is 1. The van der Waals surface area contributed by atoms with Crippen molar-refractivity contribution >= 4 is 34.2 Å². The van der Waals surface area contributed by atoms with E-state index >= 15 is 0 Å². The minimum Gasteiger partial charge on any atom is -0.461 e. The number of carbonyl (C=O) groups excluding carboxylic acids is 1. The SMILES string of the molecule is CCOC(=O)c1cc(CCl)c(CNCCNc2nccc3ccc(-c4noc(C)n4)cc23)n1C. The molecule has 3 aromatic heterocycles. The van der Waals surface area contributed by atoms with E-state index in [-0.39, 0.29) is 5.97 Å². The van der Waals surface area contributed by atoms with Crippen LogP contribution in [0.2, 0.25) is 0 Å². The number of aryl methyl sites for hydroxylation is 1. The second-order valence-electron chi connectivity index (χ2n) is 7.75. The summed E-state index contributed by atoms with van der Waals surface area (Å²) in [6, 6.07) is 9.76. The lowest BCUT2D eigenvalue weighted by Gasteiger charge is -2.12. The molecular weight excluding hydrogens is 456 g/mol. The van der Waals surface area contributed by atoms with E-state index in [0.29, 0.717) is 49.5 Å². The molecule has 0 atom stereocenters. The number of aromatic nitrogens is 4. The highest BCUT2D eigenvalue weighted by Gasteiger charge is 2.18. The summed E-state index contributed by atoms with van der Waals surface area (Å²) in [4.78, 5) is 21.0. The maximum absolute atomic E-state index is 12.2. The third-order valence-corrected chi connectivity index (χ3v) is 5.80. The predicted octanol–water partition coefficient (Wildman–Crippen LogP) is 4.05. The number of nitrogens with one attached hydrogen (secondary N) is 2. The highest BCUT2D eigenvalue weighted by atomic mass is 35.5. The van der Waals surface area contributed by atoms with Crippen molar-refractivity contribution in [2.24, 2.45) is 7.05 Å². The maximum atomic E-state index is 12.2. The Bertz CT molecular complexity index is 1300. The molecule has 2 N–H and O–H groups in total. The second-order valence-corrected chi connectivity index (χ2v) is 8.02. The molecule has 0 unspecified atom stereocenters. The number of carbonyl (C=O) groups is 1. The van der Waals surface area contributed by atoms with Crippen molar-refractivity contribution in [3.63, 3.8) is 0 Å². The molecule has 3 heterocycles. The average molecular weight is 483 g/mol. The monoisotopic (exact) mass is 482 g/mol. The van der Waals surface area contributed by atoms with Crippen LogP contribution in [-0.2, 0) is 24.2 Å². The minimum atomic E-state index is -0.346. The highest BCUT2D eigenvalue weighted by molar-refractivity contribution is 6.17. The molecule has 4 aromatic rings. The van der Waals surface area contributed by atoms with Gasteiger partial charge in [0, 0.05) is 62.3 Å². The van der Waals surface area contributed by atoms with Gasteiger partial charge in [-0.25, -0.2) is 9.78 Å². The van der Waals surface area contributed by atoms with E-state index in [1.54, 1.807) is 26.1 Å². The molecule has 178 valence electrons. The van der Waals surface area contributed by atoms with Crippen molar-refractivity contribution in [2.45, 2.75) is 26.3 Å². The number of esters is 1. The number of pyridine rings is 1. The predicted molar refractivity (Wildman–Crippen MR) is 131 cm³/mol. The van der Waals surface area contributed by atoms with Crippen LogP contribution in [0.15, 0.2) is 41.1 Å². The van der Waals surface area contributed by atoms with Gasteiger partial charge in [-0.3, -0.25) is 0 Å². The molecule has 4 rings (SSSR count). The van der Waals surface area contributed by atoms with Crippen LogP contribution in [0.25, 0.3) is 22.2 Å². The molecule has 0 bridgehead atoms. The van der Waals surface area contributed by atoms with Crippen LogP contribution in [0.3, 0.4) is 0 Å². The van der Waals surface area contributed by atoms with Gasteiger partial charge in [0.25, 0.3) is 0 Å². The molecule has 0 spiro atoms. The molecular formula is C24H27ClN6O3. The fourth-order valence-electron chi connectivity index (χ4n) is 3.80. The van der Waals surface area contributed by atoms with E-state index in [1.165, 1.54) is 0 Å². The van der Waals surface area contributed by atoms with E-state index in [0.717, 1.165) is 33.4 Å². The minimum absolute atomic E-state index is 0.324. The number of hydrogen-bond acceptors (Lipinski definition) is 8. The first kappa shape index (κ1) is 23.7. The van der Waals surface area contributed by atoms with E-state index < -0.39 is 0 Å². The normalized spacial score (nSPS) is 11.2.